The summed E-state index contributed by atoms with van der Waals surface area (Å²) < 4.78 is 9.90. The molecule has 1 aromatic carbocycles. The van der Waals surface area contributed by atoms with E-state index in [9.17, 15) is 19.2 Å². The largest absolute Gasteiger partial charge is 0.468 e. The average molecular weight is 492 g/mol. The van der Waals surface area contributed by atoms with Crippen LogP contribution in [-0.2, 0) is 25.7 Å². The van der Waals surface area contributed by atoms with Crippen LogP contribution in [0.25, 0.3) is 0 Å². The predicted octanol–water partition coefficient (Wildman–Crippen LogP) is 1.13. The molecule has 194 valence electrons. The number of urea groups is 1. The van der Waals surface area contributed by atoms with Crippen LogP contribution in [0.2, 0.25) is 0 Å². The Morgan fingerprint density at radius 3 is 2.46 bits per heavy atom. The summed E-state index contributed by atoms with van der Waals surface area (Å²) in [7, 11) is 2.90. The number of rotatable bonds is 12. The Bertz CT molecular complexity index is 814. The van der Waals surface area contributed by atoms with Gasteiger partial charge in [0.05, 0.1) is 13.7 Å². The van der Waals surface area contributed by atoms with Crippen molar-refractivity contribution >= 4 is 24.0 Å². The van der Waals surface area contributed by atoms with Gasteiger partial charge in [-0.25, -0.2) is 9.59 Å². The minimum absolute atomic E-state index is 0.00197. The number of hydrogen-bond acceptors (Lipinski definition) is 7. The maximum Gasteiger partial charge on any atom is 0.408 e. The molecule has 0 aliphatic carbocycles. The second-order valence-corrected chi connectivity index (χ2v) is 8.33. The van der Waals surface area contributed by atoms with Crippen molar-refractivity contribution < 1.29 is 28.7 Å². The van der Waals surface area contributed by atoms with Gasteiger partial charge < -0.3 is 35.6 Å². The lowest BCUT2D eigenvalue weighted by molar-refractivity contribution is -0.139. The monoisotopic (exact) mass is 491 g/mol. The number of methoxy groups -OCH3 is 1. The van der Waals surface area contributed by atoms with Crippen molar-refractivity contribution in [1.82, 2.24) is 26.2 Å². The molecule has 1 aliphatic heterocycles. The Labute approximate surface area is 206 Å². The third kappa shape index (κ3) is 10.6. The van der Waals surface area contributed by atoms with E-state index in [1.807, 2.05) is 30.3 Å². The third-order valence-electron chi connectivity index (χ3n) is 5.77. The first kappa shape index (κ1) is 27.9. The fourth-order valence-electron chi connectivity index (χ4n) is 3.75. The Hall–Kier alpha value is -3.34. The van der Waals surface area contributed by atoms with Gasteiger partial charge in [-0.3, -0.25) is 9.59 Å². The number of ether oxygens (including phenoxy) is 2. The first-order valence-corrected chi connectivity index (χ1v) is 11.9. The minimum atomic E-state index is -0.720. The number of alkyl carbamates (subject to hydrolysis) is 1. The van der Waals surface area contributed by atoms with Gasteiger partial charge in [0.25, 0.3) is 0 Å². The molecule has 2 rings (SSSR count). The number of carbonyl (C=O) groups is 4. The maximum atomic E-state index is 13.2. The number of nitrogens with one attached hydrogen (secondary N) is 4. The van der Waals surface area contributed by atoms with Gasteiger partial charge in [0, 0.05) is 26.2 Å². The number of hydrogen-bond donors (Lipinski definition) is 4. The van der Waals surface area contributed by atoms with E-state index < -0.39 is 12.1 Å². The lowest BCUT2D eigenvalue weighted by atomic mass is 10.0. The van der Waals surface area contributed by atoms with Crippen LogP contribution in [0, 0.1) is 0 Å². The Kier molecular flexibility index (Phi) is 12.4. The van der Waals surface area contributed by atoms with Crippen LogP contribution in [0.5, 0.6) is 0 Å². The third-order valence-corrected chi connectivity index (χ3v) is 5.77. The van der Waals surface area contributed by atoms with Gasteiger partial charge in [0.1, 0.15) is 12.6 Å². The maximum absolute atomic E-state index is 13.2. The summed E-state index contributed by atoms with van der Waals surface area (Å²) in [5, 5.41) is 11.1. The number of nitrogens with zero attached hydrogens (tertiary/aromatic N) is 1. The smallest absolute Gasteiger partial charge is 0.408 e. The summed E-state index contributed by atoms with van der Waals surface area (Å²) in [6.07, 6.45) is 2.46. The fraction of sp³-hybridized carbons (Fsp3) is 0.583. The Morgan fingerprint density at radius 2 is 1.80 bits per heavy atom. The second kappa shape index (κ2) is 15.5. The van der Waals surface area contributed by atoms with Gasteiger partial charge in [-0.15, -0.1) is 0 Å². The van der Waals surface area contributed by atoms with Crippen LogP contribution >= 0.6 is 0 Å². The Morgan fingerprint density at radius 1 is 1.09 bits per heavy atom. The highest BCUT2D eigenvalue weighted by Gasteiger charge is 2.30. The molecule has 1 atom stereocenters. The molecule has 1 unspecified atom stereocenters. The minimum Gasteiger partial charge on any atom is -0.468 e. The van der Waals surface area contributed by atoms with E-state index in [4.69, 9.17) is 4.74 Å². The predicted molar refractivity (Wildman–Crippen MR) is 129 cm³/mol. The molecule has 1 saturated heterocycles. The van der Waals surface area contributed by atoms with Crippen LogP contribution in [0.4, 0.5) is 9.59 Å². The van der Waals surface area contributed by atoms with E-state index in [0.29, 0.717) is 45.3 Å². The summed E-state index contributed by atoms with van der Waals surface area (Å²) in [6.45, 7) is 1.81. The van der Waals surface area contributed by atoms with Crippen LogP contribution in [0.15, 0.2) is 30.3 Å². The number of benzene rings is 1. The molecule has 0 spiro atoms. The summed E-state index contributed by atoms with van der Waals surface area (Å²) in [5.74, 6) is -0.502. The molecular weight excluding hydrogens is 454 g/mol. The Balaban J connectivity index is 1.86. The first-order valence-electron chi connectivity index (χ1n) is 11.9. The molecule has 1 aromatic rings. The van der Waals surface area contributed by atoms with E-state index in [1.165, 1.54) is 7.11 Å². The number of unbranched alkanes of at least 4 members (excludes halogenated alkanes) is 1. The summed E-state index contributed by atoms with van der Waals surface area (Å²) in [6, 6.07) is 8.36. The van der Waals surface area contributed by atoms with Crippen molar-refractivity contribution in [2.45, 2.75) is 50.8 Å². The number of amides is 4. The normalized spacial score (nSPS) is 14.5. The van der Waals surface area contributed by atoms with E-state index in [1.54, 1.807) is 11.9 Å². The molecule has 0 radical (unpaired) electrons. The number of esters is 1. The molecule has 0 aromatic heterocycles. The van der Waals surface area contributed by atoms with Crippen molar-refractivity contribution in [3.8, 4) is 0 Å². The quantitative estimate of drug-likeness (QED) is 0.254. The van der Waals surface area contributed by atoms with Crippen LogP contribution in [0.1, 0.15) is 37.7 Å². The zero-order chi connectivity index (χ0) is 25.5. The molecule has 1 fully saturated rings. The summed E-state index contributed by atoms with van der Waals surface area (Å²) in [5.41, 5.74) is 0.855. The van der Waals surface area contributed by atoms with Gasteiger partial charge in [0.15, 0.2) is 0 Å². The van der Waals surface area contributed by atoms with E-state index in [-0.39, 0.29) is 37.1 Å². The average Bonchev–Trinajstić information content (AvgIpc) is 2.89. The van der Waals surface area contributed by atoms with E-state index >= 15 is 0 Å². The van der Waals surface area contributed by atoms with Crippen molar-refractivity contribution in [2.75, 3.05) is 40.3 Å². The van der Waals surface area contributed by atoms with Gasteiger partial charge in [-0.2, -0.15) is 0 Å². The highest BCUT2D eigenvalue weighted by Crippen LogP contribution is 2.14. The SMILES string of the molecule is CNC(=O)NC1CCN(C(=O)C(CCCCNCC(=O)OC)NC(=O)OCc2ccccc2)CC1. The molecule has 35 heavy (non-hydrogen) atoms. The van der Waals surface area contributed by atoms with Crippen molar-refractivity contribution in [2.24, 2.45) is 0 Å². The zero-order valence-corrected chi connectivity index (χ0v) is 20.5. The number of likely N-dealkylation sites (tertiary alicyclic amines) is 1. The topological polar surface area (TPSA) is 138 Å². The second-order valence-electron chi connectivity index (χ2n) is 8.33. The standard InChI is InChI=1S/C24H37N5O6/c1-25-23(32)27-19-11-14-29(15-12-19)22(31)20(10-6-7-13-26-16-21(30)34-2)28-24(33)35-17-18-8-4-3-5-9-18/h3-5,8-9,19-20,26H,6-7,10-17H2,1-2H3,(H,28,33)(H2,25,27,32). The molecule has 1 aliphatic rings. The molecule has 0 saturated carbocycles. The number of piperidine rings is 1. The highest BCUT2D eigenvalue weighted by atomic mass is 16.5. The molecule has 1 heterocycles. The van der Waals surface area contributed by atoms with Crippen molar-refractivity contribution in [3.05, 3.63) is 35.9 Å². The zero-order valence-electron chi connectivity index (χ0n) is 20.5. The molecule has 11 nitrogen and oxygen atoms in total. The lowest BCUT2D eigenvalue weighted by Gasteiger charge is -2.34. The summed E-state index contributed by atoms with van der Waals surface area (Å²) in [4.78, 5) is 50.1. The van der Waals surface area contributed by atoms with Gasteiger partial charge in [-0.1, -0.05) is 30.3 Å². The van der Waals surface area contributed by atoms with Crippen molar-refractivity contribution in [3.63, 3.8) is 0 Å². The van der Waals surface area contributed by atoms with E-state index in [2.05, 4.69) is 26.0 Å². The van der Waals surface area contributed by atoms with Gasteiger partial charge >= 0.3 is 18.1 Å². The summed E-state index contributed by atoms with van der Waals surface area (Å²) >= 11 is 0. The molecular formula is C24H37N5O6. The fourth-order valence-corrected chi connectivity index (χ4v) is 3.75. The van der Waals surface area contributed by atoms with E-state index in [0.717, 1.165) is 12.0 Å². The van der Waals surface area contributed by atoms with Crippen LogP contribution in [-0.4, -0.2) is 81.3 Å². The van der Waals surface area contributed by atoms with Gasteiger partial charge in [0.2, 0.25) is 5.91 Å². The molecule has 0 bridgehead atoms. The van der Waals surface area contributed by atoms with Crippen LogP contribution < -0.4 is 21.3 Å². The highest BCUT2D eigenvalue weighted by molar-refractivity contribution is 5.85. The van der Waals surface area contributed by atoms with Gasteiger partial charge in [-0.05, 0) is 44.2 Å². The molecule has 11 heteroatoms. The van der Waals surface area contributed by atoms with Crippen molar-refractivity contribution in [1.29, 1.82) is 0 Å². The molecule has 4 amide bonds. The molecule has 4 N–H and O–H groups in total. The number of carbonyl (C=O) groups excluding carboxylic acids is 4. The lowest BCUT2D eigenvalue weighted by Crippen LogP contribution is -2.53. The first-order chi connectivity index (χ1) is 16.9. The van der Waals surface area contributed by atoms with Crippen LogP contribution in [0.3, 0.4) is 0 Å².